The maximum atomic E-state index is 12.3. The molecule has 2 aromatic rings. The molecule has 2 heterocycles. The van der Waals surface area contributed by atoms with Gasteiger partial charge in [-0.2, -0.15) is 0 Å². The van der Waals surface area contributed by atoms with Gasteiger partial charge < -0.3 is 10.2 Å². The zero-order valence-electron chi connectivity index (χ0n) is 12.6. The number of aryl methyl sites for hydroxylation is 1. The Bertz CT molecular complexity index is 746. The van der Waals surface area contributed by atoms with Crippen LogP contribution in [0, 0.1) is 12.8 Å². The quantitative estimate of drug-likeness (QED) is 0.941. The molecule has 0 aliphatic carbocycles. The van der Waals surface area contributed by atoms with Gasteiger partial charge in [0, 0.05) is 24.8 Å². The molecule has 0 spiro atoms. The van der Waals surface area contributed by atoms with E-state index in [9.17, 15) is 9.59 Å². The second-order valence-electron chi connectivity index (χ2n) is 5.60. The molecule has 1 saturated heterocycles. The topological polar surface area (TPSA) is 62.3 Å². The largest absolute Gasteiger partial charge is 0.312 e. The molecule has 118 valence electrons. The zero-order valence-corrected chi connectivity index (χ0v) is 13.4. The smallest absolute Gasteiger partial charge is 0.230 e. The van der Waals surface area contributed by atoms with Crippen LogP contribution in [0.1, 0.15) is 12.0 Å². The van der Waals surface area contributed by atoms with Gasteiger partial charge in [0.2, 0.25) is 11.8 Å². The zero-order chi connectivity index (χ0) is 16.4. The van der Waals surface area contributed by atoms with Gasteiger partial charge >= 0.3 is 0 Å². The van der Waals surface area contributed by atoms with E-state index < -0.39 is 0 Å². The van der Waals surface area contributed by atoms with Crippen LogP contribution in [0.3, 0.4) is 0 Å². The summed E-state index contributed by atoms with van der Waals surface area (Å²) >= 11 is 5.77. The SMILES string of the molecule is Cc1cccc(N2C[C@H](C(=O)Nc3ccc(Cl)cn3)CC2=O)c1. The first kappa shape index (κ1) is 15.5. The summed E-state index contributed by atoms with van der Waals surface area (Å²) in [6, 6.07) is 11.0. The predicted molar refractivity (Wildman–Crippen MR) is 89.5 cm³/mol. The fraction of sp³-hybridized carbons (Fsp3) is 0.235. The second-order valence-corrected chi connectivity index (χ2v) is 6.03. The predicted octanol–water partition coefficient (Wildman–Crippen LogP) is 3.04. The Kier molecular flexibility index (Phi) is 4.30. The third-order valence-corrected chi connectivity index (χ3v) is 4.01. The fourth-order valence-electron chi connectivity index (χ4n) is 2.61. The number of hydrogen-bond donors (Lipinski definition) is 1. The normalized spacial score (nSPS) is 17.4. The Labute approximate surface area is 139 Å². The number of amides is 2. The molecular formula is C17H16ClN3O2. The number of carbonyl (C=O) groups is 2. The molecule has 1 N–H and O–H groups in total. The van der Waals surface area contributed by atoms with E-state index in [0.717, 1.165) is 11.3 Å². The Morgan fingerprint density at radius 1 is 1.35 bits per heavy atom. The van der Waals surface area contributed by atoms with Gasteiger partial charge in [-0.15, -0.1) is 0 Å². The minimum absolute atomic E-state index is 0.0418. The lowest BCUT2D eigenvalue weighted by molar-refractivity contribution is -0.122. The highest BCUT2D eigenvalue weighted by Crippen LogP contribution is 2.26. The van der Waals surface area contributed by atoms with Gasteiger partial charge in [-0.3, -0.25) is 9.59 Å². The first-order valence-corrected chi connectivity index (χ1v) is 7.70. The Hall–Kier alpha value is -2.40. The van der Waals surface area contributed by atoms with Crippen LogP contribution in [0.5, 0.6) is 0 Å². The molecule has 23 heavy (non-hydrogen) atoms. The van der Waals surface area contributed by atoms with Crippen molar-refractivity contribution >= 4 is 34.9 Å². The van der Waals surface area contributed by atoms with E-state index in [1.807, 2.05) is 31.2 Å². The molecule has 0 radical (unpaired) electrons. The molecule has 1 aliphatic heterocycles. The first-order valence-electron chi connectivity index (χ1n) is 7.32. The number of rotatable bonds is 3. The van der Waals surface area contributed by atoms with E-state index in [4.69, 9.17) is 11.6 Å². The van der Waals surface area contributed by atoms with Gasteiger partial charge in [-0.05, 0) is 36.8 Å². The van der Waals surface area contributed by atoms with Crippen LogP contribution >= 0.6 is 11.6 Å². The number of pyridine rings is 1. The lowest BCUT2D eigenvalue weighted by Gasteiger charge is -2.17. The highest BCUT2D eigenvalue weighted by atomic mass is 35.5. The first-order chi connectivity index (χ1) is 11.0. The van der Waals surface area contributed by atoms with Gasteiger partial charge in [0.1, 0.15) is 5.82 Å². The van der Waals surface area contributed by atoms with E-state index >= 15 is 0 Å². The molecule has 0 bridgehead atoms. The fourth-order valence-corrected chi connectivity index (χ4v) is 2.72. The molecule has 1 aromatic heterocycles. The van der Waals surface area contributed by atoms with Crippen molar-refractivity contribution in [3.8, 4) is 0 Å². The lowest BCUT2D eigenvalue weighted by atomic mass is 10.1. The Morgan fingerprint density at radius 2 is 2.17 bits per heavy atom. The Balaban J connectivity index is 1.69. The molecule has 1 aromatic carbocycles. The van der Waals surface area contributed by atoms with Crippen LogP contribution in [-0.4, -0.2) is 23.3 Å². The molecular weight excluding hydrogens is 314 g/mol. The van der Waals surface area contributed by atoms with Crippen molar-refractivity contribution in [1.82, 2.24) is 4.98 Å². The summed E-state index contributed by atoms with van der Waals surface area (Å²) < 4.78 is 0. The van der Waals surface area contributed by atoms with Crippen molar-refractivity contribution in [3.63, 3.8) is 0 Å². The minimum Gasteiger partial charge on any atom is -0.312 e. The number of halogens is 1. The van der Waals surface area contributed by atoms with Crippen LogP contribution < -0.4 is 10.2 Å². The van der Waals surface area contributed by atoms with E-state index in [1.54, 1.807) is 17.0 Å². The maximum Gasteiger partial charge on any atom is 0.230 e. The highest BCUT2D eigenvalue weighted by molar-refractivity contribution is 6.30. The van der Waals surface area contributed by atoms with Crippen molar-refractivity contribution in [2.75, 3.05) is 16.8 Å². The maximum absolute atomic E-state index is 12.3. The van der Waals surface area contributed by atoms with Gasteiger partial charge in [0.05, 0.1) is 10.9 Å². The number of aromatic nitrogens is 1. The van der Waals surface area contributed by atoms with Gasteiger partial charge in [-0.1, -0.05) is 23.7 Å². The molecule has 1 fully saturated rings. The number of hydrogen-bond acceptors (Lipinski definition) is 3. The third kappa shape index (κ3) is 3.51. The van der Waals surface area contributed by atoms with Crippen molar-refractivity contribution in [2.24, 2.45) is 5.92 Å². The number of benzene rings is 1. The summed E-state index contributed by atoms with van der Waals surface area (Å²) in [7, 11) is 0. The number of anilines is 2. The van der Waals surface area contributed by atoms with Gasteiger partial charge in [0.15, 0.2) is 0 Å². The van der Waals surface area contributed by atoms with E-state index in [1.165, 1.54) is 6.20 Å². The van der Waals surface area contributed by atoms with E-state index in [2.05, 4.69) is 10.3 Å². The summed E-state index contributed by atoms with van der Waals surface area (Å²) in [6.07, 6.45) is 1.67. The van der Waals surface area contributed by atoms with Crippen molar-refractivity contribution in [3.05, 3.63) is 53.2 Å². The van der Waals surface area contributed by atoms with Crippen LogP contribution in [0.4, 0.5) is 11.5 Å². The molecule has 2 amide bonds. The van der Waals surface area contributed by atoms with Crippen LogP contribution in [0.25, 0.3) is 0 Å². The lowest BCUT2D eigenvalue weighted by Crippen LogP contribution is -2.28. The molecule has 0 saturated carbocycles. The number of nitrogens with one attached hydrogen (secondary N) is 1. The number of carbonyl (C=O) groups excluding carboxylic acids is 2. The molecule has 6 heteroatoms. The molecule has 1 atom stereocenters. The van der Waals surface area contributed by atoms with Crippen LogP contribution in [0.2, 0.25) is 5.02 Å². The average molecular weight is 330 g/mol. The van der Waals surface area contributed by atoms with Crippen LogP contribution in [0.15, 0.2) is 42.6 Å². The summed E-state index contributed by atoms with van der Waals surface area (Å²) in [5, 5.41) is 3.23. The summed E-state index contributed by atoms with van der Waals surface area (Å²) in [5.74, 6) is -0.204. The standard InChI is InChI=1S/C17H16ClN3O2/c1-11-3-2-4-14(7-11)21-10-12(8-16(21)22)17(23)20-15-6-5-13(18)9-19-15/h2-7,9,12H,8,10H2,1H3,(H,19,20,23)/t12-/m1/s1. The van der Waals surface area contributed by atoms with Crippen molar-refractivity contribution in [1.29, 1.82) is 0 Å². The monoisotopic (exact) mass is 329 g/mol. The van der Waals surface area contributed by atoms with Crippen LogP contribution in [-0.2, 0) is 9.59 Å². The molecule has 3 rings (SSSR count). The summed E-state index contributed by atoms with van der Waals surface area (Å²) in [4.78, 5) is 30.2. The van der Waals surface area contributed by atoms with E-state index in [0.29, 0.717) is 17.4 Å². The molecule has 5 nitrogen and oxygen atoms in total. The Morgan fingerprint density at radius 3 is 2.87 bits per heavy atom. The molecule has 0 unspecified atom stereocenters. The minimum atomic E-state index is -0.388. The number of nitrogens with zero attached hydrogens (tertiary/aromatic N) is 2. The van der Waals surface area contributed by atoms with E-state index in [-0.39, 0.29) is 24.2 Å². The summed E-state index contributed by atoms with van der Waals surface area (Å²) in [5.41, 5.74) is 1.91. The molecule has 1 aliphatic rings. The third-order valence-electron chi connectivity index (χ3n) is 3.79. The van der Waals surface area contributed by atoms with Gasteiger partial charge in [0.25, 0.3) is 0 Å². The van der Waals surface area contributed by atoms with Gasteiger partial charge in [-0.25, -0.2) is 4.98 Å². The second kappa shape index (κ2) is 6.38. The highest BCUT2D eigenvalue weighted by Gasteiger charge is 2.35. The van der Waals surface area contributed by atoms with Crippen molar-refractivity contribution in [2.45, 2.75) is 13.3 Å². The summed E-state index contributed by atoms with van der Waals surface area (Å²) in [6.45, 7) is 2.35. The average Bonchev–Trinajstić information content (AvgIpc) is 2.92. The van der Waals surface area contributed by atoms with Crippen molar-refractivity contribution < 1.29 is 9.59 Å².